The van der Waals surface area contributed by atoms with E-state index in [0.717, 1.165) is 9.75 Å². The normalized spacial score (nSPS) is 11.7. The van der Waals surface area contributed by atoms with Gasteiger partial charge in [-0.3, -0.25) is 4.79 Å². The number of ketones is 1. The van der Waals surface area contributed by atoms with E-state index in [-0.39, 0.29) is 5.78 Å². The second-order valence-electron chi connectivity index (χ2n) is 3.76. The molecule has 0 N–H and O–H groups in total. The van der Waals surface area contributed by atoms with Gasteiger partial charge >= 0.3 is 0 Å². The first-order valence-corrected chi connectivity index (χ1v) is 5.49. The number of alkyl halides is 1. The molecule has 0 atom stereocenters. The topological polar surface area (TPSA) is 17.1 Å². The number of carbonyl (C=O) groups excluding carboxylic acids is 1. The molecule has 0 radical (unpaired) electrons. The van der Waals surface area contributed by atoms with Crippen LogP contribution in [0, 0.1) is 12.3 Å². The molecule has 1 heterocycles. The van der Waals surface area contributed by atoms with Crippen molar-refractivity contribution in [2.24, 2.45) is 5.41 Å². The maximum atomic E-state index is 11.8. The van der Waals surface area contributed by atoms with E-state index in [4.69, 9.17) is 11.6 Å². The lowest BCUT2D eigenvalue weighted by atomic mass is 9.90. The molecule has 0 aliphatic rings. The first kappa shape index (κ1) is 10.7. The average molecular weight is 217 g/mol. The van der Waals surface area contributed by atoms with Crippen molar-refractivity contribution in [1.82, 2.24) is 0 Å². The van der Waals surface area contributed by atoms with Crippen molar-refractivity contribution in [1.29, 1.82) is 0 Å². The number of aryl methyl sites for hydroxylation is 1. The molecule has 0 saturated heterocycles. The summed E-state index contributed by atoms with van der Waals surface area (Å²) in [7, 11) is 0. The summed E-state index contributed by atoms with van der Waals surface area (Å²) in [6.07, 6.45) is 0. The molecule has 0 bridgehead atoms. The SMILES string of the molecule is Cc1ccc(C(=O)C(C)(C)CCl)s1. The smallest absolute Gasteiger partial charge is 0.179 e. The number of rotatable bonds is 3. The van der Waals surface area contributed by atoms with E-state index in [2.05, 4.69) is 0 Å². The lowest BCUT2D eigenvalue weighted by Crippen LogP contribution is -2.25. The van der Waals surface area contributed by atoms with Crippen molar-refractivity contribution in [3.8, 4) is 0 Å². The fourth-order valence-corrected chi connectivity index (χ4v) is 2.06. The van der Waals surface area contributed by atoms with Crippen molar-refractivity contribution in [3.05, 3.63) is 21.9 Å². The predicted octanol–water partition coefficient (Wildman–Crippen LogP) is 3.50. The van der Waals surface area contributed by atoms with Gasteiger partial charge in [0.05, 0.1) is 4.88 Å². The molecule has 13 heavy (non-hydrogen) atoms. The third-order valence-electron chi connectivity index (χ3n) is 1.91. The Morgan fingerprint density at radius 2 is 2.15 bits per heavy atom. The Morgan fingerprint density at radius 1 is 1.54 bits per heavy atom. The monoisotopic (exact) mass is 216 g/mol. The summed E-state index contributed by atoms with van der Waals surface area (Å²) in [5.74, 6) is 0.503. The number of thiophene rings is 1. The molecule has 1 aromatic heterocycles. The Hall–Kier alpha value is -0.340. The highest BCUT2D eigenvalue weighted by Gasteiger charge is 2.28. The van der Waals surface area contributed by atoms with Crippen LogP contribution in [0.5, 0.6) is 0 Å². The largest absolute Gasteiger partial charge is 0.293 e. The number of Topliss-reactive ketones (excluding diaryl/α,β-unsaturated/α-hetero) is 1. The van der Waals surface area contributed by atoms with E-state index >= 15 is 0 Å². The number of hydrogen-bond acceptors (Lipinski definition) is 2. The maximum Gasteiger partial charge on any atom is 0.179 e. The Balaban J connectivity index is 2.91. The summed E-state index contributed by atoms with van der Waals surface area (Å²) in [5.41, 5.74) is -0.446. The lowest BCUT2D eigenvalue weighted by Gasteiger charge is -2.18. The van der Waals surface area contributed by atoms with Crippen LogP contribution in [0.4, 0.5) is 0 Å². The highest BCUT2D eigenvalue weighted by Crippen LogP contribution is 2.27. The quantitative estimate of drug-likeness (QED) is 0.558. The van der Waals surface area contributed by atoms with Crippen molar-refractivity contribution in [2.45, 2.75) is 20.8 Å². The molecule has 1 nitrogen and oxygen atoms in total. The van der Waals surface area contributed by atoms with Gasteiger partial charge in [-0.25, -0.2) is 0 Å². The molecule has 0 aliphatic heterocycles. The first-order valence-electron chi connectivity index (χ1n) is 4.14. The average Bonchev–Trinajstić information content (AvgIpc) is 2.50. The molecule has 0 unspecified atom stereocenters. The van der Waals surface area contributed by atoms with Gasteiger partial charge in [0, 0.05) is 16.2 Å². The first-order chi connectivity index (χ1) is 5.97. The van der Waals surface area contributed by atoms with E-state index in [1.807, 2.05) is 32.9 Å². The van der Waals surface area contributed by atoms with E-state index in [0.29, 0.717) is 5.88 Å². The zero-order chi connectivity index (χ0) is 10.1. The summed E-state index contributed by atoms with van der Waals surface area (Å²) in [4.78, 5) is 13.8. The van der Waals surface area contributed by atoms with Crippen molar-refractivity contribution in [3.63, 3.8) is 0 Å². The van der Waals surface area contributed by atoms with E-state index in [1.165, 1.54) is 11.3 Å². The summed E-state index contributed by atoms with van der Waals surface area (Å²) >= 11 is 7.26. The Labute approximate surface area is 87.7 Å². The molecule has 3 heteroatoms. The van der Waals surface area contributed by atoms with Crippen molar-refractivity contribution >= 4 is 28.7 Å². The number of halogens is 1. The zero-order valence-electron chi connectivity index (χ0n) is 8.06. The Kier molecular flexibility index (Phi) is 3.14. The molecule has 72 valence electrons. The van der Waals surface area contributed by atoms with Crippen LogP contribution < -0.4 is 0 Å². The second-order valence-corrected chi connectivity index (χ2v) is 5.31. The summed E-state index contributed by atoms with van der Waals surface area (Å²) in [5, 5.41) is 0. The van der Waals surface area contributed by atoms with Crippen LogP contribution >= 0.6 is 22.9 Å². The van der Waals surface area contributed by atoms with Gasteiger partial charge in [0.15, 0.2) is 5.78 Å². The van der Waals surface area contributed by atoms with Gasteiger partial charge in [-0.15, -0.1) is 22.9 Å². The van der Waals surface area contributed by atoms with Crippen LogP contribution in [-0.2, 0) is 0 Å². The van der Waals surface area contributed by atoms with Gasteiger partial charge in [-0.05, 0) is 19.1 Å². The predicted molar refractivity (Wildman–Crippen MR) is 57.9 cm³/mol. The fourth-order valence-electron chi connectivity index (χ4n) is 0.951. The Bertz CT molecular complexity index is 314. The summed E-state index contributed by atoms with van der Waals surface area (Å²) in [6.45, 7) is 5.74. The molecule has 0 aromatic carbocycles. The highest BCUT2D eigenvalue weighted by atomic mass is 35.5. The minimum Gasteiger partial charge on any atom is -0.293 e. The summed E-state index contributed by atoms with van der Waals surface area (Å²) < 4.78 is 0. The molecule has 0 amide bonds. The van der Waals surface area contributed by atoms with Crippen LogP contribution in [-0.4, -0.2) is 11.7 Å². The minimum absolute atomic E-state index is 0.139. The summed E-state index contributed by atoms with van der Waals surface area (Å²) in [6, 6.07) is 3.83. The van der Waals surface area contributed by atoms with Gasteiger partial charge in [0.1, 0.15) is 0 Å². The third-order valence-corrected chi connectivity index (χ3v) is 3.58. The van der Waals surface area contributed by atoms with Crippen LogP contribution in [0.2, 0.25) is 0 Å². The molecule has 0 aliphatic carbocycles. The van der Waals surface area contributed by atoms with Gasteiger partial charge in [-0.1, -0.05) is 13.8 Å². The van der Waals surface area contributed by atoms with Crippen LogP contribution in [0.25, 0.3) is 0 Å². The van der Waals surface area contributed by atoms with Gasteiger partial charge in [0.2, 0.25) is 0 Å². The van der Waals surface area contributed by atoms with E-state index in [1.54, 1.807) is 0 Å². The highest BCUT2D eigenvalue weighted by molar-refractivity contribution is 7.14. The van der Waals surface area contributed by atoms with E-state index in [9.17, 15) is 4.79 Å². The zero-order valence-corrected chi connectivity index (χ0v) is 9.63. The lowest BCUT2D eigenvalue weighted by molar-refractivity contribution is 0.0866. The molecular formula is C10H13ClOS. The fraction of sp³-hybridized carbons (Fsp3) is 0.500. The van der Waals surface area contributed by atoms with Crippen molar-refractivity contribution in [2.75, 3.05) is 5.88 Å². The third kappa shape index (κ3) is 2.32. The molecule has 1 aromatic rings. The molecule has 0 saturated carbocycles. The molecular weight excluding hydrogens is 204 g/mol. The molecule has 1 rings (SSSR count). The van der Waals surface area contributed by atoms with Gasteiger partial charge in [-0.2, -0.15) is 0 Å². The van der Waals surface area contributed by atoms with Gasteiger partial charge < -0.3 is 0 Å². The number of hydrogen-bond donors (Lipinski definition) is 0. The molecule has 0 fully saturated rings. The number of carbonyl (C=O) groups is 1. The standard InChI is InChI=1S/C10H13ClOS/c1-7-4-5-8(13-7)9(12)10(2,3)6-11/h4-5H,6H2,1-3H3. The van der Waals surface area contributed by atoms with Gasteiger partial charge in [0.25, 0.3) is 0 Å². The van der Waals surface area contributed by atoms with Crippen LogP contribution in [0.1, 0.15) is 28.4 Å². The molecule has 0 spiro atoms. The Morgan fingerprint density at radius 3 is 2.54 bits per heavy atom. The minimum atomic E-state index is -0.446. The van der Waals surface area contributed by atoms with E-state index < -0.39 is 5.41 Å². The second kappa shape index (κ2) is 3.81. The van der Waals surface area contributed by atoms with Crippen LogP contribution in [0.15, 0.2) is 12.1 Å². The van der Waals surface area contributed by atoms with Crippen molar-refractivity contribution < 1.29 is 4.79 Å². The maximum absolute atomic E-state index is 11.8. The van der Waals surface area contributed by atoms with Crippen LogP contribution in [0.3, 0.4) is 0 Å².